The Morgan fingerprint density at radius 1 is 0.900 bits per heavy atom. The molecule has 1 nitrogen and oxygen atoms in total. The van der Waals surface area contributed by atoms with Gasteiger partial charge in [0.2, 0.25) is 0 Å². The van der Waals surface area contributed by atoms with E-state index in [0.29, 0.717) is 6.04 Å². The van der Waals surface area contributed by atoms with Crippen molar-refractivity contribution in [3.8, 4) is 0 Å². The Balaban J connectivity index is 0. The van der Waals surface area contributed by atoms with Gasteiger partial charge in [-0.05, 0) is 0 Å². The maximum atomic E-state index is 3.94. The molecule has 0 aromatic carbocycles. The Morgan fingerprint density at radius 2 is 1.15 bits per heavy atom. The third-order valence-electron chi connectivity index (χ3n) is 2.86. The first-order valence-corrected chi connectivity index (χ1v) is 9.44. The Kier molecular flexibility index (Phi) is 24.9. The van der Waals surface area contributed by atoms with Crippen LogP contribution in [0.5, 0.6) is 0 Å². The van der Waals surface area contributed by atoms with Gasteiger partial charge in [0.05, 0.1) is 0 Å². The summed E-state index contributed by atoms with van der Waals surface area (Å²) in [6.07, 6.45) is 20.0. The average molecular weight is 359 g/mol. The van der Waals surface area contributed by atoms with E-state index < -0.39 is 0 Å². The predicted molar refractivity (Wildman–Crippen MR) is 88.0 cm³/mol. The van der Waals surface area contributed by atoms with Gasteiger partial charge in [-0.25, -0.2) is 0 Å². The summed E-state index contributed by atoms with van der Waals surface area (Å²) in [5.74, 6) is 0. The van der Waals surface area contributed by atoms with Gasteiger partial charge in [-0.2, -0.15) is 32.1 Å². The van der Waals surface area contributed by atoms with Crippen molar-refractivity contribution in [1.82, 2.24) is 0 Å². The molecule has 0 unspecified atom stereocenters. The van der Waals surface area contributed by atoms with Crippen molar-refractivity contribution in [1.29, 1.82) is 0 Å². The van der Waals surface area contributed by atoms with Gasteiger partial charge in [-0.3, -0.25) is 0 Å². The molecule has 0 saturated heterocycles. The van der Waals surface area contributed by atoms with Crippen molar-refractivity contribution < 1.29 is 20.9 Å². The van der Waals surface area contributed by atoms with E-state index in [1.165, 1.54) is 85.1 Å². The zero-order chi connectivity index (χ0) is 15.5. The smallest absolute Gasteiger partial charge is 0.0582 e. The largest absolute Gasteiger partial charge is 0.344 e. The van der Waals surface area contributed by atoms with Crippen LogP contribution in [-0.2, 0) is 20.9 Å². The van der Waals surface area contributed by atoms with Crippen molar-refractivity contribution >= 4 is 0 Å². The van der Waals surface area contributed by atoms with Gasteiger partial charge < -0.3 is 19.8 Å². The minimum atomic E-state index is 0.531. The predicted octanol–water partition coefficient (Wildman–Crippen LogP) is 6.67. The molecular formula is C18H36NNb-3. The maximum Gasteiger partial charge on any atom is -0.0582 e. The topological polar surface area (TPSA) is 12.4 Å². The third-order valence-corrected chi connectivity index (χ3v) is 4.00. The molecule has 2 aliphatic carbocycles. The molecule has 2 heteroatoms. The summed E-state index contributed by atoms with van der Waals surface area (Å²) < 4.78 is 3.94. The first-order chi connectivity index (χ1) is 9.68. The molecule has 20 heavy (non-hydrogen) atoms. The zero-order valence-electron chi connectivity index (χ0n) is 14.1. The van der Waals surface area contributed by atoms with Gasteiger partial charge >= 0.3 is 44.1 Å². The van der Waals surface area contributed by atoms with Crippen molar-refractivity contribution in [2.75, 3.05) is 0 Å². The first kappa shape index (κ1) is 22.8. The first-order valence-electron chi connectivity index (χ1n) is 8.45. The molecule has 0 aromatic heterocycles. The monoisotopic (exact) mass is 359 g/mol. The second kappa shape index (κ2) is 21.8. The maximum absolute atomic E-state index is 3.94. The summed E-state index contributed by atoms with van der Waals surface area (Å²) in [5.41, 5.74) is 0. The van der Waals surface area contributed by atoms with Crippen LogP contribution in [0, 0.1) is 19.8 Å². The van der Waals surface area contributed by atoms with Gasteiger partial charge in [-0.15, -0.1) is 0 Å². The van der Waals surface area contributed by atoms with Crippen LogP contribution in [-0.4, -0.2) is 6.04 Å². The molecule has 2 saturated carbocycles. The van der Waals surface area contributed by atoms with Crippen LogP contribution in [0.2, 0.25) is 0 Å². The van der Waals surface area contributed by atoms with Crippen LogP contribution in [0.3, 0.4) is 0 Å². The van der Waals surface area contributed by atoms with Crippen LogP contribution in [0.1, 0.15) is 91.4 Å². The fraction of sp³-hybridized carbons (Fsp3) is 0.833. The minimum Gasteiger partial charge on any atom is -0.344 e. The van der Waals surface area contributed by atoms with Crippen molar-refractivity contribution in [2.24, 2.45) is 3.34 Å². The van der Waals surface area contributed by atoms with Crippen molar-refractivity contribution in [3.05, 3.63) is 19.8 Å². The number of hydrogen-bond acceptors (Lipinski definition) is 1. The van der Waals surface area contributed by atoms with Gasteiger partial charge in [0.15, 0.2) is 0 Å². The average Bonchev–Trinajstić information content (AvgIpc) is 2.53. The summed E-state index contributed by atoms with van der Waals surface area (Å²) in [4.78, 5) is 0. The number of rotatable bonds is 1. The van der Waals surface area contributed by atoms with E-state index >= 15 is 0 Å². The molecule has 0 spiro atoms. The van der Waals surface area contributed by atoms with Gasteiger partial charge in [0.25, 0.3) is 0 Å². The molecule has 0 atom stereocenters. The van der Waals surface area contributed by atoms with Crippen molar-refractivity contribution in [2.45, 2.75) is 97.4 Å². The fourth-order valence-corrected chi connectivity index (χ4v) is 1.80. The van der Waals surface area contributed by atoms with Gasteiger partial charge in [-0.1, -0.05) is 45.4 Å². The van der Waals surface area contributed by atoms with E-state index in [1.807, 2.05) is 6.92 Å². The molecule has 0 heterocycles. The van der Waals surface area contributed by atoms with E-state index in [9.17, 15) is 0 Å². The van der Waals surface area contributed by atoms with Crippen molar-refractivity contribution in [3.63, 3.8) is 0 Å². The normalized spacial score (nSPS) is 17.4. The molecule has 0 amide bonds. The summed E-state index contributed by atoms with van der Waals surface area (Å²) in [6, 6.07) is 0.531. The van der Waals surface area contributed by atoms with E-state index in [4.69, 9.17) is 0 Å². The summed E-state index contributed by atoms with van der Waals surface area (Å²) in [7, 11) is 0. The molecule has 0 radical (unpaired) electrons. The van der Waals surface area contributed by atoms with E-state index in [1.54, 1.807) is 0 Å². The van der Waals surface area contributed by atoms with Crippen LogP contribution in [0.25, 0.3) is 0 Å². The van der Waals surface area contributed by atoms with Crippen LogP contribution < -0.4 is 0 Å². The SMILES string of the molecule is CC(C)[N]=[Nb].[CH-]1CCCCC1.[CH-]1CCCCC1.[CH2-]CC. The molecule has 2 rings (SSSR count). The third kappa shape index (κ3) is 27.0. The van der Waals surface area contributed by atoms with E-state index in [0.717, 1.165) is 6.42 Å². The van der Waals surface area contributed by atoms with E-state index in [-0.39, 0.29) is 0 Å². The molecule has 0 N–H and O–H groups in total. The second-order valence-corrected chi connectivity index (χ2v) is 6.13. The Morgan fingerprint density at radius 3 is 1.20 bits per heavy atom. The molecule has 0 aliphatic heterocycles. The number of nitrogens with zero attached hydrogens (tertiary/aromatic N) is 1. The Labute approximate surface area is 141 Å². The van der Waals surface area contributed by atoms with Gasteiger partial charge in [0.1, 0.15) is 0 Å². The summed E-state index contributed by atoms with van der Waals surface area (Å²) in [6.45, 7) is 9.64. The zero-order valence-corrected chi connectivity index (χ0v) is 16.3. The van der Waals surface area contributed by atoms with Gasteiger partial charge in [0, 0.05) is 0 Å². The number of hydrogen-bond donors (Lipinski definition) is 0. The Hall–Kier alpha value is 0.540. The summed E-state index contributed by atoms with van der Waals surface area (Å²) >= 11 is 1.53. The molecule has 2 fully saturated rings. The molecule has 0 bridgehead atoms. The molecule has 121 valence electrons. The molecule has 0 aromatic rings. The second-order valence-electron chi connectivity index (χ2n) is 5.56. The van der Waals surface area contributed by atoms with Crippen LogP contribution in [0.4, 0.5) is 0 Å². The minimum absolute atomic E-state index is 0.531. The van der Waals surface area contributed by atoms with E-state index in [2.05, 4.69) is 37.0 Å². The molecular weight excluding hydrogens is 323 g/mol. The summed E-state index contributed by atoms with van der Waals surface area (Å²) in [5, 5.41) is 0. The fourth-order valence-electron chi connectivity index (χ4n) is 1.80. The van der Waals surface area contributed by atoms with Crippen LogP contribution in [0.15, 0.2) is 3.34 Å². The standard InChI is InChI=1S/2C6H11.C3H7N.C3H7.Nb/c2*1-2-4-6-5-3-1;1-3(2)4;1-3-2;/h2*1H,2-6H2;3H,1-2H3;1,3H2,2H3;/q2*-1;;-1;. The van der Waals surface area contributed by atoms with Crippen LogP contribution >= 0.6 is 0 Å². The molecule has 2 aliphatic rings. The Bertz CT molecular complexity index is 126. The quantitative estimate of drug-likeness (QED) is 0.366.